The number of nitrogens with zero attached hydrogens (tertiary/aromatic N) is 2. The van der Waals surface area contributed by atoms with Crippen LogP contribution in [-0.4, -0.2) is 55.3 Å². The van der Waals surface area contributed by atoms with Crippen molar-refractivity contribution in [1.29, 1.82) is 0 Å². The van der Waals surface area contributed by atoms with Crippen LogP contribution in [0.3, 0.4) is 0 Å². The van der Waals surface area contributed by atoms with Crippen LogP contribution in [0.5, 0.6) is 0 Å². The van der Waals surface area contributed by atoms with Gasteiger partial charge in [0.05, 0.1) is 0 Å². The van der Waals surface area contributed by atoms with E-state index in [1.807, 2.05) is 0 Å². The molecule has 1 saturated carbocycles. The third-order valence-electron chi connectivity index (χ3n) is 4.61. The zero-order chi connectivity index (χ0) is 12.3. The van der Waals surface area contributed by atoms with Gasteiger partial charge < -0.3 is 4.90 Å². The molecule has 1 saturated heterocycles. The van der Waals surface area contributed by atoms with E-state index < -0.39 is 0 Å². The highest BCUT2D eigenvalue weighted by molar-refractivity contribution is 7.80. The van der Waals surface area contributed by atoms with Gasteiger partial charge in [-0.3, -0.25) is 4.90 Å². The van der Waals surface area contributed by atoms with Crippen molar-refractivity contribution in [2.24, 2.45) is 5.41 Å². The highest BCUT2D eigenvalue weighted by Gasteiger charge is 2.37. The number of hydrogen-bond acceptors (Lipinski definition) is 3. The first kappa shape index (κ1) is 13.7. The molecule has 0 aromatic heterocycles. The molecule has 2 nitrogen and oxygen atoms in total. The Balaban J connectivity index is 1.92. The summed E-state index contributed by atoms with van der Waals surface area (Å²) in [6, 6.07) is 0.794. The molecule has 2 aliphatic rings. The molecule has 17 heavy (non-hydrogen) atoms. The van der Waals surface area contributed by atoms with E-state index in [0.29, 0.717) is 5.41 Å². The van der Waals surface area contributed by atoms with Crippen LogP contribution in [0.4, 0.5) is 0 Å². The zero-order valence-corrected chi connectivity index (χ0v) is 12.4. The first-order valence-corrected chi connectivity index (χ1v) is 7.78. The van der Waals surface area contributed by atoms with Crippen LogP contribution in [0.15, 0.2) is 0 Å². The zero-order valence-electron chi connectivity index (χ0n) is 11.5. The monoisotopic (exact) mass is 256 g/mol. The van der Waals surface area contributed by atoms with Gasteiger partial charge in [0.25, 0.3) is 0 Å². The molecule has 1 atom stereocenters. The minimum Gasteiger partial charge on any atom is -0.308 e. The Morgan fingerprint density at radius 2 is 1.94 bits per heavy atom. The van der Waals surface area contributed by atoms with E-state index in [9.17, 15) is 0 Å². The SMILES string of the molecule is CN(C)CC1CCCN1CC1(CS)CCCC1. The topological polar surface area (TPSA) is 6.48 Å². The Morgan fingerprint density at radius 1 is 1.24 bits per heavy atom. The third-order valence-corrected chi connectivity index (χ3v) is 5.28. The van der Waals surface area contributed by atoms with Gasteiger partial charge in [0.1, 0.15) is 0 Å². The minimum absolute atomic E-state index is 0.540. The molecule has 100 valence electrons. The summed E-state index contributed by atoms with van der Waals surface area (Å²) in [4.78, 5) is 5.09. The fraction of sp³-hybridized carbons (Fsp3) is 1.00. The van der Waals surface area contributed by atoms with E-state index in [1.165, 1.54) is 58.2 Å². The Morgan fingerprint density at radius 3 is 2.53 bits per heavy atom. The quantitative estimate of drug-likeness (QED) is 0.755. The van der Waals surface area contributed by atoms with Crippen molar-refractivity contribution in [1.82, 2.24) is 9.80 Å². The van der Waals surface area contributed by atoms with Crippen molar-refractivity contribution in [3.05, 3.63) is 0 Å². The molecule has 0 aromatic carbocycles. The van der Waals surface area contributed by atoms with Gasteiger partial charge >= 0.3 is 0 Å². The van der Waals surface area contributed by atoms with E-state index in [2.05, 4.69) is 36.5 Å². The molecular weight excluding hydrogens is 228 g/mol. The van der Waals surface area contributed by atoms with Crippen LogP contribution in [0.25, 0.3) is 0 Å². The van der Waals surface area contributed by atoms with Crippen molar-refractivity contribution < 1.29 is 0 Å². The predicted octanol–water partition coefficient (Wildman–Crippen LogP) is 2.50. The summed E-state index contributed by atoms with van der Waals surface area (Å²) in [5.41, 5.74) is 0.540. The molecule has 2 rings (SSSR count). The lowest BCUT2D eigenvalue weighted by atomic mass is 9.87. The number of hydrogen-bond donors (Lipinski definition) is 1. The fourth-order valence-corrected chi connectivity index (χ4v) is 4.07. The van der Waals surface area contributed by atoms with Crippen LogP contribution < -0.4 is 0 Å². The molecule has 0 bridgehead atoms. The molecule has 0 N–H and O–H groups in total. The molecular formula is C14H28N2S. The van der Waals surface area contributed by atoms with Crippen LogP contribution >= 0.6 is 12.6 Å². The summed E-state index contributed by atoms with van der Waals surface area (Å²) in [7, 11) is 4.39. The molecule has 0 amide bonds. The van der Waals surface area contributed by atoms with Gasteiger partial charge in [0.15, 0.2) is 0 Å². The molecule has 1 aliphatic heterocycles. The van der Waals surface area contributed by atoms with Gasteiger partial charge in [-0.2, -0.15) is 12.6 Å². The summed E-state index contributed by atoms with van der Waals surface area (Å²) in [5.74, 6) is 1.08. The van der Waals surface area contributed by atoms with Gasteiger partial charge in [-0.05, 0) is 57.5 Å². The standard InChI is InChI=1S/C14H28N2S/c1-15(2)10-13-6-5-9-16(13)11-14(12-17)7-3-4-8-14/h13,17H,3-12H2,1-2H3. The Labute approximate surface area is 112 Å². The maximum atomic E-state index is 4.64. The third kappa shape index (κ3) is 3.39. The van der Waals surface area contributed by atoms with E-state index >= 15 is 0 Å². The van der Waals surface area contributed by atoms with Gasteiger partial charge in [-0.1, -0.05) is 12.8 Å². The van der Waals surface area contributed by atoms with Crippen LogP contribution in [0, 0.1) is 5.41 Å². The Bertz CT molecular complexity index is 236. The van der Waals surface area contributed by atoms with Gasteiger partial charge in [0.2, 0.25) is 0 Å². The first-order valence-electron chi connectivity index (χ1n) is 7.15. The molecule has 0 aromatic rings. The van der Waals surface area contributed by atoms with Gasteiger partial charge in [-0.25, -0.2) is 0 Å². The second-order valence-corrected chi connectivity index (χ2v) is 6.71. The molecule has 0 radical (unpaired) electrons. The molecule has 0 spiro atoms. The second-order valence-electron chi connectivity index (χ2n) is 6.39. The van der Waals surface area contributed by atoms with Crippen molar-refractivity contribution in [2.75, 3.05) is 39.5 Å². The maximum Gasteiger partial charge on any atom is 0.0223 e. The molecule has 2 fully saturated rings. The lowest BCUT2D eigenvalue weighted by molar-refractivity contribution is 0.140. The summed E-state index contributed by atoms with van der Waals surface area (Å²) in [6.45, 7) is 3.84. The largest absolute Gasteiger partial charge is 0.308 e. The molecule has 1 unspecified atom stereocenters. The lowest BCUT2D eigenvalue weighted by Gasteiger charge is -2.36. The summed E-state index contributed by atoms with van der Waals surface area (Å²) >= 11 is 4.64. The van der Waals surface area contributed by atoms with Crippen molar-refractivity contribution in [2.45, 2.75) is 44.6 Å². The number of rotatable bonds is 5. The Hall–Kier alpha value is 0.270. The predicted molar refractivity (Wildman–Crippen MR) is 77.9 cm³/mol. The van der Waals surface area contributed by atoms with Gasteiger partial charge in [-0.15, -0.1) is 0 Å². The first-order chi connectivity index (χ1) is 8.15. The smallest absolute Gasteiger partial charge is 0.0223 e. The van der Waals surface area contributed by atoms with Crippen LogP contribution in [-0.2, 0) is 0 Å². The van der Waals surface area contributed by atoms with Crippen LogP contribution in [0.2, 0.25) is 0 Å². The summed E-state index contributed by atoms with van der Waals surface area (Å²) in [5, 5.41) is 0. The normalized spacial score (nSPS) is 29.3. The summed E-state index contributed by atoms with van der Waals surface area (Å²) < 4.78 is 0. The molecule has 1 heterocycles. The highest BCUT2D eigenvalue weighted by Crippen LogP contribution is 2.40. The van der Waals surface area contributed by atoms with E-state index in [0.717, 1.165) is 11.8 Å². The lowest BCUT2D eigenvalue weighted by Crippen LogP contribution is -2.44. The van der Waals surface area contributed by atoms with E-state index in [-0.39, 0.29) is 0 Å². The molecule has 3 heteroatoms. The van der Waals surface area contributed by atoms with Crippen LogP contribution in [0.1, 0.15) is 38.5 Å². The van der Waals surface area contributed by atoms with Crippen molar-refractivity contribution >= 4 is 12.6 Å². The van der Waals surface area contributed by atoms with Crippen molar-refractivity contribution in [3.8, 4) is 0 Å². The fourth-order valence-electron chi connectivity index (χ4n) is 3.65. The number of thiol groups is 1. The van der Waals surface area contributed by atoms with E-state index in [1.54, 1.807) is 0 Å². The molecule has 1 aliphatic carbocycles. The number of likely N-dealkylation sites (tertiary alicyclic amines) is 1. The number of likely N-dealkylation sites (N-methyl/N-ethyl adjacent to an activating group) is 1. The maximum absolute atomic E-state index is 4.64. The average molecular weight is 256 g/mol. The average Bonchev–Trinajstić information content (AvgIpc) is 2.90. The van der Waals surface area contributed by atoms with Gasteiger partial charge in [0, 0.05) is 19.1 Å². The second kappa shape index (κ2) is 5.94. The van der Waals surface area contributed by atoms with E-state index in [4.69, 9.17) is 0 Å². The highest BCUT2D eigenvalue weighted by atomic mass is 32.1. The summed E-state index contributed by atoms with van der Waals surface area (Å²) in [6.07, 6.45) is 8.44. The minimum atomic E-state index is 0.540. The Kier molecular flexibility index (Phi) is 4.79. The van der Waals surface area contributed by atoms with Crippen molar-refractivity contribution in [3.63, 3.8) is 0 Å².